The molecule has 0 aromatic carbocycles. The van der Waals surface area contributed by atoms with Crippen molar-refractivity contribution in [3.63, 3.8) is 0 Å². The van der Waals surface area contributed by atoms with E-state index in [1.807, 2.05) is 13.8 Å². The van der Waals surface area contributed by atoms with Gasteiger partial charge in [-0.2, -0.15) is 0 Å². The normalized spacial score (nSPS) is 13.3. The van der Waals surface area contributed by atoms with Crippen LogP contribution >= 0.6 is 7.60 Å². The van der Waals surface area contributed by atoms with Gasteiger partial charge in [-0.25, -0.2) is 0 Å². The average Bonchev–Trinajstić information content (AvgIpc) is 1.59. The first-order chi connectivity index (χ1) is 4.42. The van der Waals surface area contributed by atoms with Crippen molar-refractivity contribution < 1.29 is 14.4 Å². The lowest BCUT2D eigenvalue weighted by molar-refractivity contribution is 0.386. The van der Waals surface area contributed by atoms with E-state index in [2.05, 4.69) is 0 Å². The van der Waals surface area contributed by atoms with Gasteiger partial charge in [0.1, 0.15) is 0 Å². The molecule has 0 radical (unpaired) electrons. The molecule has 2 N–H and O–H groups in total. The zero-order valence-electron chi connectivity index (χ0n) is 6.19. The molecule has 0 saturated carbocycles. The Hall–Kier alpha value is -0.110. The topological polar surface area (TPSA) is 57.5 Å². The fraction of sp³-hybridized carbons (Fsp3) is 0.667. The number of rotatable bonds is 3. The number of hydrogen-bond acceptors (Lipinski definition) is 1. The molecule has 4 heteroatoms. The summed E-state index contributed by atoms with van der Waals surface area (Å²) in [6.07, 6.45) is 2.23. The second kappa shape index (κ2) is 3.91. The largest absolute Gasteiger partial charge is 0.348 e. The smallest absolute Gasteiger partial charge is 0.321 e. The lowest BCUT2D eigenvalue weighted by Crippen LogP contribution is -1.81. The molecular formula is C6H13O3P. The second-order valence-electron chi connectivity index (χ2n) is 2.60. The quantitative estimate of drug-likeness (QED) is 0.624. The van der Waals surface area contributed by atoms with E-state index in [9.17, 15) is 4.57 Å². The van der Waals surface area contributed by atoms with E-state index in [4.69, 9.17) is 9.79 Å². The van der Waals surface area contributed by atoms with E-state index in [0.717, 1.165) is 5.82 Å². The van der Waals surface area contributed by atoms with Crippen molar-refractivity contribution in [3.05, 3.63) is 11.9 Å². The first-order valence-electron chi connectivity index (χ1n) is 3.15. The van der Waals surface area contributed by atoms with Crippen LogP contribution in [0.25, 0.3) is 0 Å². The van der Waals surface area contributed by atoms with Gasteiger partial charge in [0.25, 0.3) is 0 Å². The molecule has 0 aromatic rings. The van der Waals surface area contributed by atoms with Crippen LogP contribution in [-0.2, 0) is 4.57 Å². The van der Waals surface area contributed by atoms with E-state index in [-0.39, 0.29) is 0 Å². The van der Waals surface area contributed by atoms with E-state index in [0.29, 0.717) is 12.3 Å². The molecule has 0 heterocycles. The molecule has 3 nitrogen and oxygen atoms in total. The molecule has 0 aliphatic carbocycles. The Morgan fingerprint density at radius 1 is 1.50 bits per heavy atom. The highest BCUT2D eigenvalue weighted by molar-refractivity contribution is 7.55. The SMILES string of the molecule is CC(C)CC=CP(=O)(O)O. The standard InChI is InChI=1S/C6H13O3P/c1-6(2)4-3-5-10(7,8)9/h3,5-6H,4H2,1-2H3,(H2,7,8,9). The minimum Gasteiger partial charge on any atom is -0.321 e. The Kier molecular flexibility index (Phi) is 3.87. The maximum absolute atomic E-state index is 10.2. The summed E-state index contributed by atoms with van der Waals surface area (Å²) >= 11 is 0. The van der Waals surface area contributed by atoms with Gasteiger partial charge in [0.05, 0.1) is 0 Å². The van der Waals surface area contributed by atoms with Gasteiger partial charge in [0, 0.05) is 5.82 Å². The third-order valence-electron chi connectivity index (χ3n) is 0.907. The van der Waals surface area contributed by atoms with E-state index in [1.54, 1.807) is 0 Å². The third-order valence-corrected chi connectivity index (χ3v) is 1.51. The highest BCUT2D eigenvalue weighted by atomic mass is 31.2. The van der Waals surface area contributed by atoms with Crippen LogP contribution in [0.3, 0.4) is 0 Å². The molecule has 0 bridgehead atoms. The lowest BCUT2D eigenvalue weighted by Gasteiger charge is -1.97. The van der Waals surface area contributed by atoms with Gasteiger partial charge < -0.3 is 9.79 Å². The predicted octanol–water partition coefficient (Wildman–Crippen LogP) is 1.72. The lowest BCUT2D eigenvalue weighted by atomic mass is 10.1. The van der Waals surface area contributed by atoms with Crippen molar-refractivity contribution in [1.82, 2.24) is 0 Å². The molecule has 0 atom stereocenters. The van der Waals surface area contributed by atoms with Crippen LogP contribution in [0.2, 0.25) is 0 Å². The minimum atomic E-state index is -3.90. The van der Waals surface area contributed by atoms with Crippen LogP contribution in [0.1, 0.15) is 20.3 Å². The summed E-state index contributed by atoms with van der Waals surface area (Å²) in [5, 5.41) is 0. The fourth-order valence-electron chi connectivity index (χ4n) is 0.470. The molecule has 0 rings (SSSR count). The summed E-state index contributed by atoms with van der Waals surface area (Å²) in [5.74, 6) is 1.40. The van der Waals surface area contributed by atoms with Crippen molar-refractivity contribution in [2.75, 3.05) is 0 Å². The second-order valence-corrected chi connectivity index (χ2v) is 4.08. The summed E-state index contributed by atoms with van der Waals surface area (Å²) in [5.41, 5.74) is 0. The molecule has 0 saturated heterocycles. The Bertz CT molecular complexity index is 156. The molecule has 0 aromatic heterocycles. The zero-order valence-corrected chi connectivity index (χ0v) is 7.08. The first-order valence-corrected chi connectivity index (χ1v) is 4.83. The highest BCUT2D eigenvalue weighted by Gasteiger charge is 2.04. The first kappa shape index (κ1) is 9.89. The van der Waals surface area contributed by atoms with Crippen molar-refractivity contribution in [3.8, 4) is 0 Å². The van der Waals surface area contributed by atoms with Gasteiger partial charge >= 0.3 is 7.60 Å². The summed E-state index contributed by atoms with van der Waals surface area (Å²) in [6, 6.07) is 0. The summed E-state index contributed by atoms with van der Waals surface area (Å²) in [7, 11) is -3.90. The number of allylic oxidation sites excluding steroid dienone is 1. The maximum atomic E-state index is 10.2. The Morgan fingerprint density at radius 2 is 2.00 bits per heavy atom. The van der Waals surface area contributed by atoms with Gasteiger partial charge in [0.2, 0.25) is 0 Å². The maximum Gasteiger partial charge on any atom is 0.348 e. The minimum absolute atomic E-state index is 0.447. The van der Waals surface area contributed by atoms with Crippen LogP contribution in [0.5, 0.6) is 0 Å². The van der Waals surface area contributed by atoms with Crippen molar-refractivity contribution >= 4 is 7.60 Å². The number of hydrogen-bond donors (Lipinski definition) is 2. The van der Waals surface area contributed by atoms with Crippen LogP contribution < -0.4 is 0 Å². The van der Waals surface area contributed by atoms with Crippen LogP contribution in [0.15, 0.2) is 11.9 Å². The van der Waals surface area contributed by atoms with Crippen molar-refractivity contribution in [2.24, 2.45) is 5.92 Å². The average molecular weight is 164 g/mol. The van der Waals surface area contributed by atoms with Gasteiger partial charge in [-0.05, 0) is 12.3 Å². The molecule has 0 aliphatic heterocycles. The molecular weight excluding hydrogens is 151 g/mol. The Morgan fingerprint density at radius 3 is 2.30 bits per heavy atom. The van der Waals surface area contributed by atoms with Crippen molar-refractivity contribution in [1.29, 1.82) is 0 Å². The molecule has 10 heavy (non-hydrogen) atoms. The molecule has 0 fully saturated rings. The third kappa shape index (κ3) is 7.89. The fourth-order valence-corrected chi connectivity index (χ4v) is 0.867. The van der Waals surface area contributed by atoms with E-state index in [1.165, 1.54) is 6.08 Å². The molecule has 0 amide bonds. The molecule has 0 aliphatic rings. The molecule has 60 valence electrons. The summed E-state index contributed by atoms with van der Waals surface area (Å²) in [6.45, 7) is 3.98. The van der Waals surface area contributed by atoms with Gasteiger partial charge in [-0.3, -0.25) is 4.57 Å². The van der Waals surface area contributed by atoms with Gasteiger partial charge in [0.15, 0.2) is 0 Å². The van der Waals surface area contributed by atoms with Crippen LogP contribution in [0.4, 0.5) is 0 Å². The molecule has 0 unspecified atom stereocenters. The monoisotopic (exact) mass is 164 g/mol. The van der Waals surface area contributed by atoms with E-state index >= 15 is 0 Å². The van der Waals surface area contributed by atoms with Crippen LogP contribution in [0, 0.1) is 5.92 Å². The predicted molar refractivity (Wildman–Crippen MR) is 40.6 cm³/mol. The van der Waals surface area contributed by atoms with Crippen LogP contribution in [-0.4, -0.2) is 9.79 Å². The Balaban J connectivity index is 3.68. The summed E-state index contributed by atoms with van der Waals surface area (Å²) < 4.78 is 10.2. The van der Waals surface area contributed by atoms with Gasteiger partial charge in [-0.1, -0.05) is 19.9 Å². The summed E-state index contributed by atoms with van der Waals surface area (Å²) in [4.78, 5) is 16.7. The van der Waals surface area contributed by atoms with E-state index < -0.39 is 7.60 Å². The molecule has 0 spiro atoms. The van der Waals surface area contributed by atoms with Crippen molar-refractivity contribution in [2.45, 2.75) is 20.3 Å². The zero-order chi connectivity index (χ0) is 8.20. The highest BCUT2D eigenvalue weighted by Crippen LogP contribution is 2.36. The van der Waals surface area contributed by atoms with Gasteiger partial charge in [-0.15, -0.1) is 0 Å². The Labute approximate surface area is 60.9 Å².